The van der Waals surface area contributed by atoms with Crippen LogP contribution in [0.1, 0.15) is 28.4 Å². The number of pyridine rings is 1. The van der Waals surface area contributed by atoms with Gasteiger partial charge < -0.3 is 5.73 Å². The van der Waals surface area contributed by atoms with E-state index in [1.54, 1.807) is 31.3 Å². The fraction of sp³-hybridized carbons (Fsp3) is 0.214. The molecule has 1 atom stereocenters. The molecular weight excluding hydrogens is 253 g/mol. The smallest absolute Gasteiger partial charge is 0.320 e. The second-order valence-electron chi connectivity index (χ2n) is 4.29. The first kappa shape index (κ1) is 13.5. The second-order valence-corrected chi connectivity index (χ2v) is 4.29. The van der Waals surface area contributed by atoms with Gasteiger partial charge in [0.2, 0.25) is 0 Å². The lowest BCUT2D eigenvalue weighted by atomic mass is 9.95. The summed E-state index contributed by atoms with van der Waals surface area (Å²) in [6, 6.07) is 7.87. The highest BCUT2D eigenvalue weighted by Crippen LogP contribution is 2.35. The molecule has 5 heteroatoms. The van der Waals surface area contributed by atoms with Crippen molar-refractivity contribution >= 4 is 0 Å². The van der Waals surface area contributed by atoms with Crippen molar-refractivity contribution in [3.8, 4) is 0 Å². The summed E-state index contributed by atoms with van der Waals surface area (Å²) in [5, 5.41) is 0. The van der Waals surface area contributed by atoms with Crippen molar-refractivity contribution in [2.24, 2.45) is 5.73 Å². The number of aromatic nitrogens is 1. The van der Waals surface area contributed by atoms with Crippen LogP contribution in [0, 0.1) is 6.92 Å². The Bertz CT molecular complexity index is 579. The number of nitrogens with two attached hydrogens (primary N) is 1. The van der Waals surface area contributed by atoms with Crippen LogP contribution in [0.25, 0.3) is 0 Å². The Hall–Kier alpha value is -1.88. The van der Waals surface area contributed by atoms with Gasteiger partial charge in [0.1, 0.15) is 0 Å². The molecule has 1 unspecified atom stereocenters. The fourth-order valence-electron chi connectivity index (χ4n) is 1.97. The lowest BCUT2D eigenvalue weighted by Crippen LogP contribution is -2.18. The van der Waals surface area contributed by atoms with Crippen LogP contribution in [-0.4, -0.2) is 4.98 Å². The number of hydrogen-bond acceptors (Lipinski definition) is 2. The van der Waals surface area contributed by atoms with Gasteiger partial charge in [-0.3, -0.25) is 4.98 Å². The van der Waals surface area contributed by atoms with E-state index >= 15 is 0 Å². The van der Waals surface area contributed by atoms with Crippen molar-refractivity contribution in [2.75, 3.05) is 0 Å². The van der Waals surface area contributed by atoms with E-state index in [2.05, 4.69) is 4.98 Å². The predicted molar refractivity (Wildman–Crippen MR) is 66.4 cm³/mol. The van der Waals surface area contributed by atoms with Crippen molar-refractivity contribution in [1.29, 1.82) is 0 Å². The number of alkyl halides is 3. The van der Waals surface area contributed by atoms with Gasteiger partial charge in [0.25, 0.3) is 0 Å². The summed E-state index contributed by atoms with van der Waals surface area (Å²) in [7, 11) is 0. The Morgan fingerprint density at radius 3 is 2.47 bits per heavy atom. The molecule has 2 N–H and O–H groups in total. The normalized spacial score (nSPS) is 13.3. The first-order valence-electron chi connectivity index (χ1n) is 5.74. The summed E-state index contributed by atoms with van der Waals surface area (Å²) in [5.74, 6) is 0. The molecule has 1 heterocycles. The Morgan fingerprint density at radius 2 is 1.84 bits per heavy atom. The molecule has 2 rings (SSSR count). The van der Waals surface area contributed by atoms with Crippen LogP contribution in [0.4, 0.5) is 13.2 Å². The van der Waals surface area contributed by atoms with Crippen molar-refractivity contribution in [2.45, 2.75) is 19.1 Å². The summed E-state index contributed by atoms with van der Waals surface area (Å²) in [5.41, 5.74) is 6.66. The molecule has 0 amide bonds. The van der Waals surface area contributed by atoms with Crippen molar-refractivity contribution < 1.29 is 13.2 Å². The minimum Gasteiger partial charge on any atom is -0.320 e. The number of nitrogens with zero attached hydrogens (tertiary/aromatic N) is 1. The summed E-state index contributed by atoms with van der Waals surface area (Å²) < 4.78 is 38.8. The molecule has 0 aliphatic heterocycles. The number of hydrogen-bond donors (Lipinski definition) is 1. The van der Waals surface area contributed by atoms with Crippen molar-refractivity contribution in [3.63, 3.8) is 0 Å². The topological polar surface area (TPSA) is 38.9 Å². The highest BCUT2D eigenvalue weighted by atomic mass is 19.4. The third kappa shape index (κ3) is 2.93. The minimum absolute atomic E-state index is 0.0700. The standard InChI is InChI=1S/C14H13F3N2/c1-9-8-10(6-7-19-9)13(18)11-4-2-3-5-12(11)14(15,16)17/h2-8,13H,18H2,1H3. The molecule has 0 aliphatic carbocycles. The highest BCUT2D eigenvalue weighted by molar-refractivity contribution is 5.38. The lowest BCUT2D eigenvalue weighted by molar-refractivity contribution is -0.138. The maximum absolute atomic E-state index is 12.9. The monoisotopic (exact) mass is 266 g/mol. The van der Waals surface area contributed by atoms with Crippen molar-refractivity contribution in [3.05, 3.63) is 65.0 Å². The molecule has 1 aromatic carbocycles. The summed E-state index contributed by atoms with van der Waals surface area (Å²) >= 11 is 0. The van der Waals surface area contributed by atoms with Crippen molar-refractivity contribution in [1.82, 2.24) is 4.98 Å². The van der Waals surface area contributed by atoms with E-state index in [1.165, 1.54) is 12.1 Å². The third-order valence-corrected chi connectivity index (χ3v) is 2.88. The van der Waals surface area contributed by atoms with Gasteiger partial charge in [0.15, 0.2) is 0 Å². The van der Waals surface area contributed by atoms with E-state index in [9.17, 15) is 13.2 Å². The average Bonchev–Trinajstić information content (AvgIpc) is 2.37. The Labute approximate surface area is 109 Å². The van der Waals surface area contributed by atoms with Gasteiger partial charge in [0.05, 0.1) is 11.6 Å². The predicted octanol–water partition coefficient (Wildman–Crippen LogP) is 3.46. The SMILES string of the molecule is Cc1cc(C(N)c2ccccc2C(F)(F)F)ccn1. The Kier molecular flexibility index (Phi) is 3.57. The van der Waals surface area contributed by atoms with Gasteiger partial charge in [-0.2, -0.15) is 13.2 Å². The molecule has 0 aliphatic rings. The summed E-state index contributed by atoms with van der Waals surface area (Å²) in [6.07, 6.45) is -2.86. The van der Waals surface area contributed by atoms with Gasteiger partial charge in [0, 0.05) is 11.9 Å². The van der Waals surface area contributed by atoms with Crippen LogP contribution < -0.4 is 5.73 Å². The quantitative estimate of drug-likeness (QED) is 0.904. The number of aryl methyl sites for hydroxylation is 1. The Morgan fingerprint density at radius 1 is 1.16 bits per heavy atom. The van der Waals surface area contributed by atoms with E-state index in [0.29, 0.717) is 5.56 Å². The zero-order valence-electron chi connectivity index (χ0n) is 10.3. The molecule has 2 nitrogen and oxygen atoms in total. The van der Waals surface area contributed by atoms with Crippen LogP contribution in [0.3, 0.4) is 0 Å². The zero-order chi connectivity index (χ0) is 14.0. The van der Waals surface area contributed by atoms with Gasteiger partial charge in [-0.1, -0.05) is 18.2 Å². The molecule has 0 saturated carbocycles. The molecule has 0 fully saturated rings. The molecule has 0 bridgehead atoms. The minimum atomic E-state index is -4.41. The lowest BCUT2D eigenvalue weighted by Gasteiger charge is -2.18. The maximum atomic E-state index is 12.9. The van der Waals surface area contributed by atoms with E-state index in [4.69, 9.17) is 5.73 Å². The number of halogens is 3. The first-order chi connectivity index (χ1) is 8.89. The first-order valence-corrected chi connectivity index (χ1v) is 5.74. The zero-order valence-corrected chi connectivity index (χ0v) is 10.3. The molecular formula is C14H13F3N2. The van der Waals surface area contributed by atoms with Gasteiger partial charge in [-0.25, -0.2) is 0 Å². The van der Waals surface area contributed by atoms with Crippen LogP contribution in [0.5, 0.6) is 0 Å². The largest absolute Gasteiger partial charge is 0.416 e. The maximum Gasteiger partial charge on any atom is 0.416 e. The van der Waals surface area contributed by atoms with E-state index in [0.717, 1.165) is 11.8 Å². The fourth-order valence-corrected chi connectivity index (χ4v) is 1.97. The van der Waals surface area contributed by atoms with Gasteiger partial charge >= 0.3 is 6.18 Å². The van der Waals surface area contributed by atoms with E-state index in [-0.39, 0.29) is 5.56 Å². The van der Waals surface area contributed by atoms with Gasteiger partial charge in [-0.15, -0.1) is 0 Å². The molecule has 100 valence electrons. The van der Waals surface area contributed by atoms with Crippen LogP contribution in [0.2, 0.25) is 0 Å². The van der Waals surface area contributed by atoms with E-state index in [1.807, 2.05) is 0 Å². The molecule has 0 saturated heterocycles. The number of benzene rings is 1. The molecule has 2 aromatic rings. The van der Waals surface area contributed by atoms with Crippen LogP contribution in [0.15, 0.2) is 42.6 Å². The molecule has 0 spiro atoms. The second kappa shape index (κ2) is 5.01. The number of rotatable bonds is 2. The van der Waals surface area contributed by atoms with Crippen LogP contribution >= 0.6 is 0 Å². The average molecular weight is 266 g/mol. The highest BCUT2D eigenvalue weighted by Gasteiger charge is 2.34. The third-order valence-electron chi connectivity index (χ3n) is 2.88. The molecule has 1 aromatic heterocycles. The van der Waals surface area contributed by atoms with Gasteiger partial charge in [-0.05, 0) is 36.2 Å². The van der Waals surface area contributed by atoms with Crippen LogP contribution in [-0.2, 0) is 6.18 Å². The molecule has 0 radical (unpaired) electrons. The summed E-state index contributed by atoms with van der Waals surface area (Å²) in [6.45, 7) is 1.77. The Balaban J connectivity index is 2.48. The van der Waals surface area contributed by atoms with E-state index < -0.39 is 17.8 Å². The molecule has 19 heavy (non-hydrogen) atoms. The summed E-state index contributed by atoms with van der Waals surface area (Å²) in [4.78, 5) is 4.01.